The summed E-state index contributed by atoms with van der Waals surface area (Å²) >= 11 is 0. The van der Waals surface area contributed by atoms with Crippen molar-refractivity contribution in [1.82, 2.24) is 0 Å². The molecule has 0 N–H and O–H groups in total. The molecule has 0 heterocycles. The van der Waals surface area contributed by atoms with Gasteiger partial charge in [-0.25, -0.2) is 0 Å². The van der Waals surface area contributed by atoms with Gasteiger partial charge in [-0.1, -0.05) is 54.4 Å². The Hall–Kier alpha value is -0.0400. The maximum absolute atomic E-state index is 6.23. The molecule has 0 radical (unpaired) electrons. The van der Waals surface area contributed by atoms with Gasteiger partial charge >= 0.3 is 0 Å². The highest BCUT2D eigenvalue weighted by atomic mass is 16.5. The zero-order valence-electron chi connectivity index (χ0n) is 14.5. The van der Waals surface area contributed by atoms with Gasteiger partial charge in [0.25, 0.3) is 0 Å². The lowest BCUT2D eigenvalue weighted by atomic mass is 9.77. The van der Waals surface area contributed by atoms with Crippen LogP contribution < -0.4 is 0 Å². The predicted molar refractivity (Wildman–Crippen MR) is 86.7 cm³/mol. The molecule has 0 saturated heterocycles. The van der Waals surface area contributed by atoms with Gasteiger partial charge in [0.15, 0.2) is 0 Å². The third-order valence-corrected chi connectivity index (χ3v) is 5.38. The fourth-order valence-electron chi connectivity index (χ4n) is 3.33. The molecule has 0 aromatic carbocycles. The Labute approximate surface area is 122 Å². The Kier molecular flexibility index (Phi) is 9.78. The summed E-state index contributed by atoms with van der Waals surface area (Å²) in [4.78, 5) is 0. The van der Waals surface area contributed by atoms with Gasteiger partial charge in [0.05, 0.1) is 13.2 Å². The van der Waals surface area contributed by atoms with Crippen LogP contribution in [-0.4, -0.2) is 13.2 Å². The quantitative estimate of drug-likeness (QED) is 0.409. The van der Waals surface area contributed by atoms with E-state index >= 15 is 0 Å². The van der Waals surface area contributed by atoms with Gasteiger partial charge in [-0.15, -0.1) is 0 Å². The molecule has 0 unspecified atom stereocenters. The van der Waals surface area contributed by atoms with E-state index in [9.17, 15) is 0 Å². The highest BCUT2D eigenvalue weighted by Gasteiger charge is 2.29. The van der Waals surface area contributed by atoms with Crippen LogP contribution in [0.5, 0.6) is 0 Å². The summed E-state index contributed by atoms with van der Waals surface area (Å²) < 4.78 is 6.23. The molecule has 0 aromatic rings. The van der Waals surface area contributed by atoms with E-state index in [4.69, 9.17) is 4.74 Å². The van der Waals surface area contributed by atoms with E-state index in [-0.39, 0.29) is 0 Å². The van der Waals surface area contributed by atoms with E-state index in [1.165, 1.54) is 51.4 Å². The molecule has 0 rings (SSSR count). The maximum Gasteiger partial charge on any atom is 0.0522 e. The number of ether oxygens (including phenoxy) is 1. The van der Waals surface area contributed by atoms with Gasteiger partial charge in [-0.05, 0) is 49.4 Å². The predicted octanol–water partition coefficient (Wildman–Crippen LogP) is 6.22. The largest absolute Gasteiger partial charge is 0.380 e. The summed E-state index contributed by atoms with van der Waals surface area (Å²) in [5.41, 5.74) is 0.850. The molecule has 0 saturated carbocycles. The van der Waals surface area contributed by atoms with Gasteiger partial charge in [0, 0.05) is 0 Å². The maximum atomic E-state index is 6.23. The molecule has 1 nitrogen and oxygen atoms in total. The summed E-state index contributed by atoms with van der Waals surface area (Å²) in [6.07, 6.45) is 10.1. The van der Waals surface area contributed by atoms with Crippen LogP contribution in [0.1, 0.15) is 92.9 Å². The summed E-state index contributed by atoms with van der Waals surface area (Å²) in [5, 5.41) is 0. The minimum Gasteiger partial charge on any atom is -0.380 e. The normalized spacial score (nSPS) is 12.9. The molecular weight excluding hydrogens is 232 g/mol. The number of hydrogen-bond donors (Lipinski definition) is 0. The fourth-order valence-corrected chi connectivity index (χ4v) is 3.33. The molecule has 0 bridgehead atoms. The van der Waals surface area contributed by atoms with E-state index in [2.05, 4.69) is 41.5 Å². The van der Waals surface area contributed by atoms with Gasteiger partial charge in [-0.3, -0.25) is 0 Å². The number of hydrogen-bond acceptors (Lipinski definition) is 1. The molecule has 0 spiro atoms. The smallest absolute Gasteiger partial charge is 0.0522 e. The summed E-state index contributed by atoms with van der Waals surface area (Å²) in [6, 6.07) is 0. The molecule has 0 aliphatic carbocycles. The molecule has 116 valence electrons. The average Bonchev–Trinajstić information content (AvgIpc) is 2.44. The molecule has 0 aliphatic heterocycles. The first kappa shape index (κ1) is 19.0. The first-order valence-corrected chi connectivity index (χ1v) is 8.65. The second-order valence-corrected chi connectivity index (χ2v) is 6.41. The van der Waals surface area contributed by atoms with Gasteiger partial charge in [0.2, 0.25) is 0 Å². The van der Waals surface area contributed by atoms with E-state index in [1.54, 1.807) is 0 Å². The van der Waals surface area contributed by atoms with E-state index in [0.717, 1.165) is 13.2 Å². The molecule has 0 fully saturated rings. The lowest BCUT2D eigenvalue weighted by Crippen LogP contribution is -2.31. The van der Waals surface area contributed by atoms with E-state index in [0.29, 0.717) is 10.8 Å². The van der Waals surface area contributed by atoms with Crippen molar-refractivity contribution in [2.75, 3.05) is 13.2 Å². The Morgan fingerprint density at radius 1 is 0.579 bits per heavy atom. The SMILES string of the molecule is CCCC(CC)(CCC)COCC(CC)(CC)CC. The second-order valence-electron chi connectivity index (χ2n) is 6.41. The van der Waals surface area contributed by atoms with Crippen molar-refractivity contribution in [2.45, 2.75) is 92.9 Å². The minimum atomic E-state index is 0.415. The average molecular weight is 271 g/mol. The Morgan fingerprint density at radius 3 is 1.26 bits per heavy atom. The van der Waals surface area contributed by atoms with Crippen molar-refractivity contribution in [3.63, 3.8) is 0 Å². The summed E-state index contributed by atoms with van der Waals surface area (Å²) in [6.45, 7) is 15.8. The first-order chi connectivity index (χ1) is 9.07. The topological polar surface area (TPSA) is 9.23 Å². The highest BCUT2D eigenvalue weighted by Crippen LogP contribution is 2.36. The van der Waals surface area contributed by atoms with Crippen LogP contribution in [0.3, 0.4) is 0 Å². The molecular formula is C18H38O. The standard InChI is InChI=1S/C18H38O/c1-7-13-18(12-6,14-8-2)16-19-15-17(9-3,10-4)11-5/h7-16H2,1-6H3. The van der Waals surface area contributed by atoms with Gasteiger partial charge < -0.3 is 4.74 Å². The van der Waals surface area contributed by atoms with Crippen LogP contribution in [0.2, 0.25) is 0 Å². The fraction of sp³-hybridized carbons (Fsp3) is 1.00. The van der Waals surface area contributed by atoms with Crippen LogP contribution >= 0.6 is 0 Å². The van der Waals surface area contributed by atoms with Crippen LogP contribution in [-0.2, 0) is 4.74 Å². The van der Waals surface area contributed by atoms with Gasteiger partial charge in [-0.2, -0.15) is 0 Å². The summed E-state index contributed by atoms with van der Waals surface area (Å²) in [5.74, 6) is 0. The molecule has 1 heteroatoms. The molecule has 0 atom stereocenters. The Morgan fingerprint density at radius 2 is 0.947 bits per heavy atom. The molecule has 19 heavy (non-hydrogen) atoms. The lowest BCUT2D eigenvalue weighted by molar-refractivity contribution is -0.0219. The van der Waals surface area contributed by atoms with Crippen molar-refractivity contribution in [3.8, 4) is 0 Å². The van der Waals surface area contributed by atoms with Crippen molar-refractivity contribution in [3.05, 3.63) is 0 Å². The minimum absolute atomic E-state index is 0.415. The van der Waals surface area contributed by atoms with Crippen LogP contribution in [0.4, 0.5) is 0 Å². The zero-order chi connectivity index (χ0) is 14.8. The van der Waals surface area contributed by atoms with Crippen molar-refractivity contribution in [2.24, 2.45) is 10.8 Å². The van der Waals surface area contributed by atoms with Crippen LogP contribution in [0, 0.1) is 10.8 Å². The summed E-state index contributed by atoms with van der Waals surface area (Å²) in [7, 11) is 0. The van der Waals surface area contributed by atoms with Crippen LogP contribution in [0.15, 0.2) is 0 Å². The third kappa shape index (κ3) is 5.85. The number of rotatable bonds is 12. The second kappa shape index (κ2) is 9.80. The van der Waals surface area contributed by atoms with E-state index < -0.39 is 0 Å². The Bertz CT molecular complexity index is 191. The highest BCUT2D eigenvalue weighted by molar-refractivity contribution is 4.79. The first-order valence-electron chi connectivity index (χ1n) is 8.65. The van der Waals surface area contributed by atoms with Crippen LogP contribution in [0.25, 0.3) is 0 Å². The van der Waals surface area contributed by atoms with Crippen molar-refractivity contribution >= 4 is 0 Å². The Balaban J connectivity index is 4.46. The monoisotopic (exact) mass is 270 g/mol. The molecule has 0 aromatic heterocycles. The van der Waals surface area contributed by atoms with E-state index in [1.807, 2.05) is 0 Å². The van der Waals surface area contributed by atoms with Gasteiger partial charge in [0.1, 0.15) is 0 Å². The van der Waals surface area contributed by atoms with Crippen molar-refractivity contribution in [1.29, 1.82) is 0 Å². The third-order valence-electron chi connectivity index (χ3n) is 5.38. The lowest BCUT2D eigenvalue weighted by Gasteiger charge is -2.36. The van der Waals surface area contributed by atoms with Crippen molar-refractivity contribution < 1.29 is 4.74 Å². The molecule has 0 amide bonds. The zero-order valence-corrected chi connectivity index (χ0v) is 14.5. The molecule has 0 aliphatic rings.